The number of carbonyl (C=O) groups is 1. The molecule has 0 aliphatic rings. The average molecular weight is 494 g/mol. The van der Waals surface area contributed by atoms with Crippen molar-refractivity contribution < 1.29 is 9.53 Å². The van der Waals surface area contributed by atoms with Crippen LogP contribution in [0.15, 0.2) is 53.7 Å². The Morgan fingerprint density at radius 3 is 2.78 bits per heavy atom. The number of carbonyl (C=O) groups excluding carboxylic acids is 1. The standard InChI is InChI=1S/C19H19IN4O2S/c1-3-24-18(15-9-4-5-10-16(15)26-2)22-23-19(24)27-12-17(25)21-14-8-6-7-13(20)11-14/h4-11H,3,12H2,1-2H3,(H,21,25). The van der Waals surface area contributed by atoms with E-state index in [4.69, 9.17) is 4.74 Å². The molecule has 1 aromatic heterocycles. The SMILES string of the molecule is CCn1c(SCC(=O)Nc2cccc(I)c2)nnc1-c1ccccc1OC. The van der Waals surface area contributed by atoms with E-state index in [0.29, 0.717) is 11.7 Å². The number of nitrogens with zero attached hydrogens (tertiary/aromatic N) is 3. The summed E-state index contributed by atoms with van der Waals surface area (Å²) in [6.45, 7) is 2.72. The largest absolute Gasteiger partial charge is 0.496 e. The third-order valence-electron chi connectivity index (χ3n) is 3.82. The van der Waals surface area contributed by atoms with E-state index in [1.165, 1.54) is 11.8 Å². The van der Waals surface area contributed by atoms with Gasteiger partial charge in [-0.3, -0.25) is 4.79 Å². The number of aromatic nitrogens is 3. The molecule has 0 saturated carbocycles. The van der Waals surface area contributed by atoms with Crippen LogP contribution in [0.25, 0.3) is 11.4 Å². The number of amides is 1. The number of nitrogens with one attached hydrogen (secondary N) is 1. The second kappa shape index (κ2) is 9.23. The third kappa shape index (κ3) is 4.81. The van der Waals surface area contributed by atoms with Crippen molar-refractivity contribution in [1.82, 2.24) is 14.8 Å². The third-order valence-corrected chi connectivity index (χ3v) is 5.46. The molecule has 1 amide bonds. The first kappa shape index (κ1) is 19.7. The Hall–Kier alpha value is -2.07. The zero-order chi connectivity index (χ0) is 19.2. The van der Waals surface area contributed by atoms with E-state index in [0.717, 1.165) is 26.4 Å². The number of anilines is 1. The number of thioether (sulfide) groups is 1. The number of para-hydroxylation sites is 1. The minimum atomic E-state index is -0.0773. The van der Waals surface area contributed by atoms with E-state index in [1.807, 2.05) is 60.0 Å². The lowest BCUT2D eigenvalue weighted by Crippen LogP contribution is -2.14. The zero-order valence-corrected chi connectivity index (χ0v) is 18.0. The van der Waals surface area contributed by atoms with Gasteiger partial charge in [0, 0.05) is 15.8 Å². The van der Waals surface area contributed by atoms with Gasteiger partial charge in [0.2, 0.25) is 5.91 Å². The van der Waals surface area contributed by atoms with Gasteiger partial charge in [-0.15, -0.1) is 10.2 Å². The summed E-state index contributed by atoms with van der Waals surface area (Å²) < 4.78 is 8.49. The van der Waals surface area contributed by atoms with Crippen molar-refractivity contribution in [1.29, 1.82) is 0 Å². The number of rotatable bonds is 7. The summed E-state index contributed by atoms with van der Waals surface area (Å²) in [5, 5.41) is 12.2. The molecule has 0 unspecified atom stereocenters. The zero-order valence-electron chi connectivity index (χ0n) is 15.0. The van der Waals surface area contributed by atoms with Crippen molar-refractivity contribution in [2.75, 3.05) is 18.2 Å². The summed E-state index contributed by atoms with van der Waals surface area (Å²) in [7, 11) is 1.64. The van der Waals surface area contributed by atoms with Crippen molar-refractivity contribution >= 4 is 45.9 Å². The lowest BCUT2D eigenvalue weighted by atomic mass is 10.2. The van der Waals surface area contributed by atoms with Crippen LogP contribution >= 0.6 is 34.4 Å². The maximum absolute atomic E-state index is 12.3. The number of hydrogen-bond acceptors (Lipinski definition) is 5. The van der Waals surface area contributed by atoms with Crippen LogP contribution in [-0.2, 0) is 11.3 Å². The van der Waals surface area contributed by atoms with Crippen molar-refractivity contribution in [2.45, 2.75) is 18.6 Å². The molecule has 3 aromatic rings. The number of hydrogen-bond donors (Lipinski definition) is 1. The first-order valence-electron chi connectivity index (χ1n) is 8.37. The topological polar surface area (TPSA) is 69.0 Å². The van der Waals surface area contributed by atoms with Crippen molar-refractivity contribution in [3.05, 3.63) is 52.1 Å². The van der Waals surface area contributed by atoms with E-state index in [9.17, 15) is 4.79 Å². The number of benzene rings is 2. The minimum Gasteiger partial charge on any atom is -0.496 e. The van der Waals surface area contributed by atoms with Gasteiger partial charge in [0.1, 0.15) is 5.75 Å². The van der Waals surface area contributed by atoms with Crippen molar-refractivity contribution in [3.63, 3.8) is 0 Å². The highest BCUT2D eigenvalue weighted by Gasteiger charge is 2.17. The quantitative estimate of drug-likeness (QED) is 0.392. The van der Waals surface area contributed by atoms with Gasteiger partial charge in [-0.05, 0) is 59.8 Å². The van der Waals surface area contributed by atoms with Gasteiger partial charge < -0.3 is 14.6 Å². The number of methoxy groups -OCH3 is 1. The average Bonchev–Trinajstić information content (AvgIpc) is 3.09. The molecule has 1 N–H and O–H groups in total. The molecule has 0 atom stereocenters. The fourth-order valence-corrected chi connectivity index (χ4v) is 3.95. The van der Waals surface area contributed by atoms with Crippen LogP contribution in [0.1, 0.15) is 6.92 Å². The highest BCUT2D eigenvalue weighted by Crippen LogP contribution is 2.30. The minimum absolute atomic E-state index is 0.0773. The maximum atomic E-state index is 12.3. The molecule has 1 heterocycles. The van der Waals surface area contributed by atoms with Gasteiger partial charge in [0.05, 0.1) is 18.4 Å². The fraction of sp³-hybridized carbons (Fsp3) is 0.211. The smallest absolute Gasteiger partial charge is 0.234 e. The van der Waals surface area contributed by atoms with Crippen molar-refractivity contribution in [2.24, 2.45) is 0 Å². The molecular weight excluding hydrogens is 475 g/mol. The molecule has 0 bridgehead atoms. The molecule has 2 aromatic carbocycles. The highest BCUT2D eigenvalue weighted by atomic mass is 127. The molecule has 0 spiro atoms. The summed E-state index contributed by atoms with van der Waals surface area (Å²) in [5.41, 5.74) is 1.67. The number of ether oxygens (including phenoxy) is 1. The van der Waals surface area contributed by atoms with Gasteiger partial charge in [-0.1, -0.05) is 30.0 Å². The van der Waals surface area contributed by atoms with Crippen LogP contribution in [0, 0.1) is 3.57 Å². The first-order chi connectivity index (χ1) is 13.1. The summed E-state index contributed by atoms with van der Waals surface area (Å²) in [6.07, 6.45) is 0. The number of halogens is 1. The summed E-state index contributed by atoms with van der Waals surface area (Å²) >= 11 is 3.58. The molecular formula is C19H19IN4O2S. The Morgan fingerprint density at radius 1 is 1.22 bits per heavy atom. The Labute approximate surface area is 175 Å². The van der Waals surface area contributed by atoms with Gasteiger partial charge in [0.15, 0.2) is 11.0 Å². The van der Waals surface area contributed by atoms with Crippen LogP contribution in [0.5, 0.6) is 5.75 Å². The van der Waals surface area contributed by atoms with E-state index in [-0.39, 0.29) is 11.7 Å². The van der Waals surface area contributed by atoms with Crippen molar-refractivity contribution in [3.8, 4) is 17.1 Å². The first-order valence-corrected chi connectivity index (χ1v) is 10.4. The lowest BCUT2D eigenvalue weighted by molar-refractivity contribution is -0.113. The molecule has 3 rings (SSSR count). The molecule has 0 radical (unpaired) electrons. The normalized spacial score (nSPS) is 10.6. The summed E-state index contributed by atoms with van der Waals surface area (Å²) in [4.78, 5) is 12.3. The molecule has 27 heavy (non-hydrogen) atoms. The molecule has 6 nitrogen and oxygen atoms in total. The second-order valence-electron chi connectivity index (χ2n) is 5.60. The molecule has 0 aliphatic heterocycles. The van der Waals surface area contributed by atoms with E-state index in [2.05, 4.69) is 38.1 Å². The molecule has 0 aliphatic carbocycles. The lowest BCUT2D eigenvalue weighted by Gasteiger charge is -2.10. The monoisotopic (exact) mass is 494 g/mol. The van der Waals surface area contributed by atoms with Crippen LogP contribution in [0.4, 0.5) is 5.69 Å². The Bertz CT molecular complexity index is 945. The van der Waals surface area contributed by atoms with E-state index >= 15 is 0 Å². The summed E-state index contributed by atoms with van der Waals surface area (Å²) in [5.74, 6) is 1.66. The van der Waals surface area contributed by atoms with Crippen LogP contribution in [0.2, 0.25) is 0 Å². The van der Waals surface area contributed by atoms with Gasteiger partial charge in [0.25, 0.3) is 0 Å². The Kier molecular flexibility index (Phi) is 6.73. The maximum Gasteiger partial charge on any atom is 0.234 e. The van der Waals surface area contributed by atoms with Gasteiger partial charge in [-0.25, -0.2) is 0 Å². The fourth-order valence-electron chi connectivity index (χ4n) is 2.60. The second-order valence-corrected chi connectivity index (χ2v) is 7.79. The Balaban J connectivity index is 1.72. The molecule has 0 fully saturated rings. The molecule has 140 valence electrons. The Morgan fingerprint density at radius 2 is 2.04 bits per heavy atom. The summed E-state index contributed by atoms with van der Waals surface area (Å²) in [6, 6.07) is 15.4. The van der Waals surface area contributed by atoms with Gasteiger partial charge in [-0.2, -0.15) is 0 Å². The molecule has 8 heteroatoms. The van der Waals surface area contributed by atoms with Crippen LogP contribution in [0.3, 0.4) is 0 Å². The van der Waals surface area contributed by atoms with Crippen LogP contribution < -0.4 is 10.1 Å². The van der Waals surface area contributed by atoms with E-state index < -0.39 is 0 Å². The highest BCUT2D eigenvalue weighted by molar-refractivity contribution is 14.1. The predicted octanol–water partition coefficient (Wildman–Crippen LogP) is 4.31. The van der Waals surface area contributed by atoms with E-state index in [1.54, 1.807) is 7.11 Å². The molecule has 0 saturated heterocycles. The van der Waals surface area contributed by atoms with Crippen LogP contribution in [-0.4, -0.2) is 33.5 Å². The van der Waals surface area contributed by atoms with Gasteiger partial charge >= 0.3 is 0 Å². The predicted molar refractivity (Wildman–Crippen MR) is 116 cm³/mol.